The average Bonchev–Trinajstić information content (AvgIpc) is 0.845. The number of nitrogens with zero attached hydrogens (tertiary/aromatic N) is 6. The first-order valence-corrected chi connectivity index (χ1v) is 29.6. The second-order valence-corrected chi connectivity index (χ2v) is 25.4. The average molecular weight is 1250 g/mol. The van der Waals surface area contributed by atoms with Crippen molar-refractivity contribution in [1.29, 1.82) is 0 Å². The van der Waals surface area contributed by atoms with Crippen LogP contribution in [0.25, 0.3) is 0 Å². The third kappa shape index (κ3) is 16.2. The van der Waals surface area contributed by atoms with Crippen LogP contribution in [0.2, 0.25) is 0 Å². The zero-order valence-electron chi connectivity index (χ0n) is 53.2. The molecule has 0 aliphatic rings. The van der Waals surface area contributed by atoms with E-state index in [0.29, 0.717) is 79.6 Å². The Morgan fingerprint density at radius 3 is 0.598 bits per heavy atom. The third-order valence-electron chi connectivity index (χ3n) is 13.5. The van der Waals surface area contributed by atoms with Crippen LogP contribution in [0.15, 0.2) is 218 Å². The Morgan fingerprint density at radius 1 is 0.239 bits per heavy atom. The van der Waals surface area contributed by atoms with Gasteiger partial charge in [0, 0.05) is 46.3 Å². The molecule has 0 aliphatic heterocycles. The van der Waals surface area contributed by atoms with Crippen LogP contribution in [0.3, 0.4) is 0 Å². The molecule has 0 aliphatic carbocycles. The molecule has 0 bridgehead atoms. The molecule has 0 N–H and O–H groups in total. The van der Waals surface area contributed by atoms with Crippen LogP contribution in [-0.4, -0.2) is 46.8 Å². The highest BCUT2D eigenvalue weighted by Crippen LogP contribution is 2.42. The van der Waals surface area contributed by atoms with Crippen LogP contribution < -0.4 is 29.4 Å². The molecular weight excluding hydrogens is 1180 g/mol. The molecular formula is C74H72F4N6O8. The summed E-state index contributed by atoms with van der Waals surface area (Å²) in [5, 5.41) is 0. The molecule has 14 nitrogen and oxygen atoms in total. The molecule has 92 heavy (non-hydrogen) atoms. The summed E-state index contributed by atoms with van der Waals surface area (Å²) in [5.41, 5.74) is 2.49. The quantitative estimate of drug-likeness (QED) is 0.0768. The molecule has 0 fully saturated rings. The van der Waals surface area contributed by atoms with Crippen molar-refractivity contribution in [2.75, 3.05) is 29.4 Å². The Hall–Kier alpha value is -10.6. The van der Waals surface area contributed by atoms with Gasteiger partial charge in [-0.3, -0.25) is 0 Å². The maximum absolute atomic E-state index is 14.7. The maximum Gasteiger partial charge on any atom is 0.419 e. The van der Waals surface area contributed by atoms with Crippen molar-refractivity contribution in [2.45, 2.75) is 105 Å². The molecule has 0 saturated carbocycles. The summed E-state index contributed by atoms with van der Waals surface area (Å²) in [6.45, 7) is 20.9. The first-order valence-electron chi connectivity index (χ1n) is 29.6. The molecule has 0 radical (unpaired) electrons. The van der Waals surface area contributed by atoms with E-state index in [9.17, 15) is 36.7 Å². The van der Waals surface area contributed by atoms with Crippen molar-refractivity contribution in [1.82, 2.24) is 0 Å². The van der Waals surface area contributed by atoms with E-state index in [2.05, 4.69) is 0 Å². The van der Waals surface area contributed by atoms with E-state index >= 15 is 0 Å². The number of rotatable bonds is 14. The van der Waals surface area contributed by atoms with Crippen LogP contribution in [-0.2, 0) is 18.9 Å². The van der Waals surface area contributed by atoms with Gasteiger partial charge >= 0.3 is 24.4 Å². The number of para-hydroxylation sites is 2. The smallest absolute Gasteiger partial charge is 0.419 e. The minimum Gasteiger partial charge on any atom is -0.443 e. The van der Waals surface area contributed by atoms with Gasteiger partial charge in [0.15, 0.2) is 23.3 Å². The van der Waals surface area contributed by atoms with Gasteiger partial charge in [-0.15, -0.1) is 0 Å². The summed E-state index contributed by atoms with van der Waals surface area (Å²) in [4.78, 5) is 66.3. The number of carbonyl (C=O) groups excluding carboxylic acids is 4. The summed E-state index contributed by atoms with van der Waals surface area (Å²) < 4.78 is 81.5. The molecule has 0 heterocycles. The molecule has 4 amide bonds. The summed E-state index contributed by atoms with van der Waals surface area (Å²) in [6.07, 6.45) is -2.88. The lowest BCUT2D eigenvalue weighted by Crippen LogP contribution is -2.35. The first-order chi connectivity index (χ1) is 43.4. The second-order valence-electron chi connectivity index (χ2n) is 25.4. The largest absolute Gasteiger partial charge is 0.443 e. The van der Waals surface area contributed by atoms with E-state index in [4.69, 9.17) is 18.9 Å². The lowest BCUT2D eigenvalue weighted by molar-refractivity contribution is 0.0586. The Bertz CT molecular complexity index is 3790. The fraction of sp³-hybridized carbons (Fsp3) is 0.216. The molecule has 474 valence electrons. The minimum absolute atomic E-state index is 0.342. The molecule has 0 saturated heterocycles. The predicted molar refractivity (Wildman–Crippen MR) is 355 cm³/mol. The summed E-state index contributed by atoms with van der Waals surface area (Å²) in [6, 6.07) is 59.2. The molecule has 18 heteroatoms. The lowest BCUT2D eigenvalue weighted by Gasteiger charge is -2.31. The third-order valence-corrected chi connectivity index (χ3v) is 13.5. The standard InChI is InChI=1S/C74H72F4N6O8/c1-71(2,3)89-67(85)81(53-27-23-51(24-28-53)79(49-19-15-13-16-20-49)61-43-45-63(75)65(77)47-61)55-31-35-57(36-32-55)83(69(87)91-73(7,8)9)59-39-41-60(42-40-59)84(70(88)92-74(10,11)12)58-37-33-56(34-38-58)82(68(86)90-72(4,5)6)54-29-25-52(26-30-54)80(50-21-17-14-18-22-50)62-44-46-64(76)66(78)48-62/h13-48H,1-12H3. The normalized spacial score (nSPS) is 11.7. The second kappa shape index (κ2) is 26.8. The van der Waals surface area contributed by atoms with E-state index in [1.807, 2.05) is 60.7 Å². The van der Waals surface area contributed by atoms with Crippen molar-refractivity contribution in [3.8, 4) is 0 Å². The first kappa shape index (κ1) is 65.8. The maximum atomic E-state index is 14.7. The number of anilines is 14. The zero-order chi connectivity index (χ0) is 66.5. The number of hydrogen-bond acceptors (Lipinski definition) is 10. The van der Waals surface area contributed by atoms with Crippen molar-refractivity contribution >= 4 is 104 Å². The Morgan fingerprint density at radius 2 is 0.413 bits per heavy atom. The van der Waals surface area contributed by atoms with Gasteiger partial charge in [-0.05, 0) is 253 Å². The topological polar surface area (TPSA) is 125 Å². The van der Waals surface area contributed by atoms with Crippen molar-refractivity contribution in [3.63, 3.8) is 0 Å². The van der Waals surface area contributed by atoms with Gasteiger partial charge in [-0.2, -0.15) is 0 Å². The predicted octanol–water partition coefficient (Wildman–Crippen LogP) is 21.5. The van der Waals surface area contributed by atoms with Crippen molar-refractivity contribution < 1.29 is 55.7 Å². The summed E-state index contributed by atoms with van der Waals surface area (Å²) >= 11 is 0. The lowest BCUT2D eigenvalue weighted by atomic mass is 10.1. The van der Waals surface area contributed by atoms with Gasteiger partial charge in [-0.25, -0.2) is 56.3 Å². The highest BCUT2D eigenvalue weighted by atomic mass is 19.2. The van der Waals surface area contributed by atoms with E-state index in [0.717, 1.165) is 24.3 Å². The van der Waals surface area contributed by atoms with Crippen molar-refractivity contribution in [2.24, 2.45) is 0 Å². The number of halogens is 4. The van der Waals surface area contributed by atoms with Gasteiger partial charge in [0.25, 0.3) is 0 Å². The Balaban J connectivity index is 1.04. The monoisotopic (exact) mass is 1250 g/mol. The highest BCUT2D eigenvalue weighted by molar-refractivity contribution is 6.02. The minimum atomic E-state index is -1.01. The molecule has 0 aromatic heterocycles. The van der Waals surface area contributed by atoms with Crippen LogP contribution in [0.1, 0.15) is 83.1 Å². The van der Waals surface area contributed by atoms with Crippen LogP contribution in [0, 0.1) is 23.3 Å². The van der Waals surface area contributed by atoms with E-state index < -0.39 is 70.0 Å². The number of hydrogen-bond donors (Lipinski definition) is 0. The highest BCUT2D eigenvalue weighted by Gasteiger charge is 2.32. The molecule has 9 rings (SSSR count). The molecule has 9 aromatic rings. The zero-order valence-corrected chi connectivity index (χ0v) is 53.2. The molecule has 0 spiro atoms. The fourth-order valence-electron chi connectivity index (χ4n) is 9.72. The molecule has 0 atom stereocenters. The van der Waals surface area contributed by atoms with Crippen LogP contribution >= 0.6 is 0 Å². The summed E-state index contributed by atoms with van der Waals surface area (Å²) in [7, 11) is 0. The Kier molecular flexibility index (Phi) is 19.2. The number of carbonyl (C=O) groups is 4. The number of ether oxygens (including phenoxy) is 4. The number of amides is 4. The van der Waals surface area contributed by atoms with Crippen molar-refractivity contribution in [3.05, 3.63) is 242 Å². The van der Waals surface area contributed by atoms with Crippen LogP contribution in [0.4, 0.5) is 116 Å². The van der Waals surface area contributed by atoms with Gasteiger partial charge in [0.1, 0.15) is 22.4 Å². The van der Waals surface area contributed by atoms with E-state index in [1.54, 1.807) is 214 Å². The van der Waals surface area contributed by atoms with Gasteiger partial charge < -0.3 is 28.7 Å². The van der Waals surface area contributed by atoms with Gasteiger partial charge in [-0.1, -0.05) is 36.4 Å². The SMILES string of the molecule is CC(C)(C)OC(=O)N(c1ccc(N(C(=O)OC(C)(C)C)c2ccc(N(C(=O)OC(C)(C)C)c3ccc(N(c4ccccc4)c4ccc(F)c(F)c4)cc3)cc2)cc1)c1ccc(N(C(=O)OC(C)(C)C)c2ccc(N(c3ccccc3)c3ccc(F)c(F)c3)cc2)cc1. The van der Waals surface area contributed by atoms with E-state index in [-0.39, 0.29) is 0 Å². The van der Waals surface area contributed by atoms with Gasteiger partial charge in [0.05, 0.1) is 45.5 Å². The molecule has 9 aromatic carbocycles. The number of benzene rings is 9. The van der Waals surface area contributed by atoms with Gasteiger partial charge in [0.2, 0.25) is 0 Å². The van der Waals surface area contributed by atoms with E-state index in [1.165, 1.54) is 31.7 Å². The molecule has 0 unspecified atom stereocenters. The summed E-state index contributed by atoms with van der Waals surface area (Å²) in [5.74, 6) is -4.00. The van der Waals surface area contributed by atoms with Crippen LogP contribution in [0.5, 0.6) is 0 Å². The fourth-order valence-corrected chi connectivity index (χ4v) is 9.72. The Labute approximate surface area is 534 Å².